The number of unbranched alkanes of at least 4 members (excludes halogenated alkanes) is 2. The fourth-order valence-corrected chi connectivity index (χ4v) is 1.83. The molecule has 0 bridgehead atoms. The van der Waals surface area contributed by atoms with E-state index in [1.165, 1.54) is 11.5 Å². The van der Waals surface area contributed by atoms with Gasteiger partial charge in [-0.05, 0) is 26.2 Å². The molecule has 1 N–H and O–H groups in total. The van der Waals surface area contributed by atoms with Crippen LogP contribution < -0.4 is 4.90 Å². The van der Waals surface area contributed by atoms with Crippen LogP contribution in [0.1, 0.15) is 25.1 Å². The van der Waals surface area contributed by atoms with Crippen LogP contribution in [0.2, 0.25) is 0 Å². The van der Waals surface area contributed by atoms with Gasteiger partial charge >= 0.3 is 0 Å². The summed E-state index contributed by atoms with van der Waals surface area (Å²) in [4.78, 5) is 6.41. The molecule has 0 spiro atoms. The van der Waals surface area contributed by atoms with Gasteiger partial charge < -0.3 is 10.0 Å². The van der Waals surface area contributed by atoms with Crippen molar-refractivity contribution in [2.75, 3.05) is 25.1 Å². The van der Waals surface area contributed by atoms with Crippen LogP contribution in [-0.2, 0) is 0 Å². The molecule has 0 amide bonds. The first-order valence-electron chi connectivity index (χ1n) is 4.86. The lowest BCUT2D eigenvalue weighted by atomic mass is 10.2. The van der Waals surface area contributed by atoms with Gasteiger partial charge in [-0.15, -0.1) is 0 Å². The quantitative estimate of drug-likeness (QED) is 0.730. The third-order valence-corrected chi connectivity index (χ3v) is 2.92. The molecule has 0 unspecified atom stereocenters. The lowest BCUT2D eigenvalue weighted by Crippen LogP contribution is -2.18. The van der Waals surface area contributed by atoms with E-state index >= 15 is 0 Å². The van der Waals surface area contributed by atoms with Crippen molar-refractivity contribution < 1.29 is 5.11 Å². The maximum absolute atomic E-state index is 8.62. The van der Waals surface area contributed by atoms with E-state index in [1.807, 2.05) is 14.0 Å². The Morgan fingerprint density at radius 1 is 1.36 bits per heavy atom. The number of hydrogen-bond donors (Lipinski definition) is 1. The van der Waals surface area contributed by atoms with Gasteiger partial charge in [0.05, 0.1) is 0 Å². The molecule has 0 atom stereocenters. The Balaban J connectivity index is 2.25. The van der Waals surface area contributed by atoms with Crippen molar-refractivity contribution in [2.45, 2.75) is 26.2 Å². The monoisotopic (exact) mass is 215 g/mol. The van der Waals surface area contributed by atoms with Gasteiger partial charge in [0.1, 0.15) is 5.82 Å². The summed E-state index contributed by atoms with van der Waals surface area (Å²) in [6.07, 6.45) is 3.05. The fourth-order valence-electron chi connectivity index (χ4n) is 1.17. The number of aliphatic hydroxyl groups is 1. The zero-order valence-corrected chi connectivity index (χ0v) is 9.55. The minimum atomic E-state index is 0.293. The average molecular weight is 215 g/mol. The highest BCUT2D eigenvalue weighted by Gasteiger charge is 2.05. The maximum atomic E-state index is 8.62. The van der Waals surface area contributed by atoms with E-state index < -0.39 is 0 Å². The molecule has 80 valence electrons. The first-order valence-corrected chi connectivity index (χ1v) is 5.63. The van der Waals surface area contributed by atoms with Crippen LogP contribution in [0.4, 0.5) is 5.13 Å². The number of hydrogen-bond acceptors (Lipinski definition) is 5. The number of aliphatic hydroxyl groups excluding tert-OH is 1. The molecule has 0 fully saturated rings. The standard InChI is InChI=1S/C9H17N3OS/c1-8-10-9(14-11-8)12(2)6-4-3-5-7-13/h13H,3-7H2,1-2H3. The Morgan fingerprint density at radius 3 is 2.71 bits per heavy atom. The SMILES string of the molecule is Cc1nsc(N(C)CCCCCO)n1. The Hall–Kier alpha value is -0.680. The number of aryl methyl sites for hydroxylation is 1. The molecule has 1 aromatic heterocycles. The van der Waals surface area contributed by atoms with E-state index in [-0.39, 0.29) is 0 Å². The second-order valence-corrected chi connectivity index (χ2v) is 4.06. The van der Waals surface area contributed by atoms with Gasteiger partial charge in [0.25, 0.3) is 0 Å². The molecule has 1 aromatic rings. The van der Waals surface area contributed by atoms with Crippen molar-refractivity contribution in [1.82, 2.24) is 9.36 Å². The van der Waals surface area contributed by atoms with Crippen LogP contribution in [0.15, 0.2) is 0 Å². The Bertz CT molecular complexity index is 264. The summed E-state index contributed by atoms with van der Waals surface area (Å²) in [5.41, 5.74) is 0. The first kappa shape index (κ1) is 11.4. The lowest BCUT2D eigenvalue weighted by Gasteiger charge is -2.14. The van der Waals surface area contributed by atoms with Crippen LogP contribution in [-0.4, -0.2) is 34.7 Å². The minimum Gasteiger partial charge on any atom is -0.396 e. The van der Waals surface area contributed by atoms with E-state index in [1.54, 1.807) is 0 Å². The predicted molar refractivity (Wildman–Crippen MR) is 58.9 cm³/mol. The Morgan fingerprint density at radius 2 is 2.14 bits per heavy atom. The number of nitrogens with zero attached hydrogens (tertiary/aromatic N) is 3. The normalized spacial score (nSPS) is 10.5. The minimum absolute atomic E-state index is 0.293. The molecule has 0 aliphatic rings. The molecular formula is C9H17N3OS. The van der Waals surface area contributed by atoms with Gasteiger partial charge in [-0.1, -0.05) is 0 Å². The lowest BCUT2D eigenvalue weighted by molar-refractivity contribution is 0.283. The molecule has 0 saturated carbocycles. The Labute approximate surface area is 88.8 Å². The van der Waals surface area contributed by atoms with Crippen molar-refractivity contribution in [2.24, 2.45) is 0 Å². The summed E-state index contributed by atoms with van der Waals surface area (Å²) >= 11 is 1.44. The smallest absolute Gasteiger partial charge is 0.204 e. The fraction of sp³-hybridized carbons (Fsp3) is 0.778. The molecule has 1 rings (SSSR count). The Kier molecular flexibility index (Phi) is 4.82. The zero-order valence-electron chi connectivity index (χ0n) is 8.73. The molecule has 1 heterocycles. The summed E-state index contributed by atoms with van der Waals surface area (Å²) in [5.74, 6) is 0.840. The second kappa shape index (κ2) is 5.93. The van der Waals surface area contributed by atoms with Gasteiger partial charge in [0.15, 0.2) is 0 Å². The van der Waals surface area contributed by atoms with Crippen LogP contribution >= 0.6 is 11.5 Å². The molecule has 0 aliphatic heterocycles. The summed E-state index contributed by atoms with van der Waals surface area (Å²) in [5, 5.41) is 9.60. The summed E-state index contributed by atoms with van der Waals surface area (Å²) in [6, 6.07) is 0. The first-order chi connectivity index (χ1) is 6.74. The highest BCUT2D eigenvalue weighted by atomic mass is 32.1. The predicted octanol–water partition coefficient (Wildman–Crippen LogP) is 1.45. The van der Waals surface area contributed by atoms with E-state index in [0.29, 0.717) is 6.61 Å². The molecule has 0 aromatic carbocycles. The highest BCUT2D eigenvalue weighted by molar-refractivity contribution is 7.09. The van der Waals surface area contributed by atoms with Crippen molar-refractivity contribution in [3.8, 4) is 0 Å². The van der Waals surface area contributed by atoms with Crippen LogP contribution in [0.25, 0.3) is 0 Å². The zero-order chi connectivity index (χ0) is 10.4. The summed E-state index contributed by atoms with van der Waals surface area (Å²) in [6.45, 7) is 3.18. The van der Waals surface area contributed by atoms with Gasteiger partial charge in [-0.3, -0.25) is 0 Å². The summed E-state index contributed by atoms with van der Waals surface area (Å²) in [7, 11) is 2.03. The third-order valence-electron chi connectivity index (χ3n) is 2.00. The third kappa shape index (κ3) is 3.59. The van der Waals surface area contributed by atoms with E-state index in [9.17, 15) is 0 Å². The van der Waals surface area contributed by atoms with Gasteiger partial charge in [-0.2, -0.15) is 4.37 Å². The topological polar surface area (TPSA) is 49.2 Å². The van der Waals surface area contributed by atoms with E-state index in [2.05, 4.69) is 14.3 Å². The van der Waals surface area contributed by atoms with Crippen LogP contribution in [0.3, 0.4) is 0 Å². The molecule has 14 heavy (non-hydrogen) atoms. The van der Waals surface area contributed by atoms with E-state index in [0.717, 1.165) is 36.8 Å². The molecule has 5 heteroatoms. The highest BCUT2D eigenvalue weighted by Crippen LogP contribution is 2.15. The van der Waals surface area contributed by atoms with Gasteiger partial charge in [0.2, 0.25) is 5.13 Å². The van der Waals surface area contributed by atoms with Crippen molar-refractivity contribution in [3.63, 3.8) is 0 Å². The van der Waals surface area contributed by atoms with Crippen LogP contribution in [0, 0.1) is 6.92 Å². The van der Waals surface area contributed by atoms with Crippen molar-refractivity contribution in [1.29, 1.82) is 0 Å². The number of anilines is 1. The van der Waals surface area contributed by atoms with Gasteiger partial charge in [-0.25, -0.2) is 4.98 Å². The van der Waals surface area contributed by atoms with Crippen LogP contribution in [0.5, 0.6) is 0 Å². The van der Waals surface area contributed by atoms with E-state index in [4.69, 9.17) is 5.11 Å². The molecule has 0 aliphatic carbocycles. The average Bonchev–Trinajstić information content (AvgIpc) is 2.59. The molecule has 4 nitrogen and oxygen atoms in total. The number of rotatable bonds is 6. The summed E-state index contributed by atoms with van der Waals surface area (Å²) < 4.78 is 4.13. The van der Waals surface area contributed by atoms with Crippen molar-refractivity contribution >= 4 is 16.7 Å². The largest absolute Gasteiger partial charge is 0.396 e. The molecular weight excluding hydrogens is 198 g/mol. The van der Waals surface area contributed by atoms with Crippen molar-refractivity contribution in [3.05, 3.63) is 5.82 Å². The molecule has 0 radical (unpaired) electrons. The van der Waals surface area contributed by atoms with Gasteiger partial charge in [0, 0.05) is 31.7 Å². The molecule has 0 saturated heterocycles. The number of aromatic nitrogens is 2. The second-order valence-electron chi connectivity index (χ2n) is 3.33. The maximum Gasteiger partial charge on any atom is 0.204 e.